The van der Waals surface area contributed by atoms with E-state index in [1.54, 1.807) is 4.90 Å². The van der Waals surface area contributed by atoms with Crippen LogP contribution < -0.4 is 11.1 Å². The first kappa shape index (κ1) is 12.7. The van der Waals surface area contributed by atoms with Gasteiger partial charge in [-0.1, -0.05) is 0 Å². The molecule has 2 rings (SSSR count). The van der Waals surface area contributed by atoms with E-state index in [2.05, 4.69) is 10.4 Å². The lowest BCUT2D eigenvalue weighted by Crippen LogP contribution is -2.43. The lowest BCUT2D eigenvalue weighted by molar-refractivity contribution is -0.132. The quantitative estimate of drug-likeness (QED) is 0.834. The van der Waals surface area contributed by atoms with Gasteiger partial charge in [0.25, 0.3) is 0 Å². The van der Waals surface area contributed by atoms with E-state index in [0.717, 1.165) is 24.5 Å². The Morgan fingerprint density at radius 2 is 2.28 bits per heavy atom. The molecular weight excluding hydrogens is 230 g/mol. The van der Waals surface area contributed by atoms with Gasteiger partial charge in [0.1, 0.15) is 5.82 Å². The lowest BCUT2D eigenvalue weighted by Gasteiger charge is -2.30. The predicted molar refractivity (Wildman–Crippen MR) is 71.3 cm³/mol. The standard InChI is InChI=1S/C12H21N5O/c1-4-17-12(11(13)8(2)15-17)14-9-5-6-10(18)16(3)7-9/h9,14H,4-7,13H2,1-3H3. The minimum Gasteiger partial charge on any atom is -0.394 e. The number of amides is 1. The van der Waals surface area contributed by atoms with Gasteiger partial charge in [0, 0.05) is 32.6 Å². The molecule has 1 fully saturated rings. The van der Waals surface area contributed by atoms with E-state index in [9.17, 15) is 4.79 Å². The van der Waals surface area contributed by atoms with Gasteiger partial charge in [-0.25, -0.2) is 4.68 Å². The Morgan fingerprint density at radius 3 is 2.89 bits per heavy atom. The molecule has 3 N–H and O–H groups in total. The van der Waals surface area contributed by atoms with E-state index in [1.165, 1.54) is 0 Å². The van der Waals surface area contributed by atoms with Gasteiger partial charge in [0.2, 0.25) is 5.91 Å². The average Bonchev–Trinajstić information content (AvgIpc) is 2.61. The summed E-state index contributed by atoms with van der Waals surface area (Å²) in [6, 6.07) is 0.247. The first-order chi connectivity index (χ1) is 8.52. The summed E-state index contributed by atoms with van der Waals surface area (Å²) in [6.07, 6.45) is 1.43. The molecule has 0 radical (unpaired) electrons. The number of piperidine rings is 1. The van der Waals surface area contributed by atoms with Crippen molar-refractivity contribution in [3.63, 3.8) is 0 Å². The fourth-order valence-electron chi connectivity index (χ4n) is 2.30. The molecule has 0 saturated carbocycles. The summed E-state index contributed by atoms with van der Waals surface area (Å²) < 4.78 is 1.88. The topological polar surface area (TPSA) is 76.2 Å². The molecule has 0 spiro atoms. The van der Waals surface area contributed by atoms with Gasteiger partial charge in [0.15, 0.2) is 0 Å². The first-order valence-corrected chi connectivity index (χ1v) is 6.36. The third-order valence-electron chi connectivity index (χ3n) is 3.44. The van der Waals surface area contributed by atoms with Crippen LogP contribution in [0, 0.1) is 6.92 Å². The van der Waals surface area contributed by atoms with Crippen LogP contribution in [0.4, 0.5) is 11.5 Å². The van der Waals surface area contributed by atoms with Crippen molar-refractivity contribution in [2.45, 2.75) is 39.3 Å². The third-order valence-corrected chi connectivity index (χ3v) is 3.44. The molecule has 0 aromatic carbocycles. The highest BCUT2D eigenvalue weighted by molar-refractivity contribution is 5.77. The summed E-state index contributed by atoms with van der Waals surface area (Å²) in [6.45, 7) is 5.44. The van der Waals surface area contributed by atoms with Crippen LogP contribution in [0.3, 0.4) is 0 Å². The molecule has 1 aromatic heterocycles. The van der Waals surface area contributed by atoms with Crippen LogP contribution in [0.2, 0.25) is 0 Å². The van der Waals surface area contributed by atoms with Crippen LogP contribution in [0.25, 0.3) is 0 Å². The number of rotatable bonds is 3. The van der Waals surface area contributed by atoms with Crippen molar-refractivity contribution in [3.8, 4) is 0 Å². The molecule has 0 aliphatic carbocycles. The second-order valence-electron chi connectivity index (χ2n) is 4.82. The molecule has 6 nitrogen and oxygen atoms in total. The number of carbonyl (C=O) groups is 1. The number of nitrogens with one attached hydrogen (secondary N) is 1. The monoisotopic (exact) mass is 251 g/mol. The fourth-order valence-corrected chi connectivity index (χ4v) is 2.30. The smallest absolute Gasteiger partial charge is 0.222 e. The number of anilines is 2. The number of nitrogens with two attached hydrogens (primary N) is 1. The molecule has 6 heteroatoms. The molecule has 1 atom stereocenters. The number of likely N-dealkylation sites (tertiary alicyclic amines) is 1. The van der Waals surface area contributed by atoms with Crippen molar-refractivity contribution in [3.05, 3.63) is 5.69 Å². The number of hydrogen-bond acceptors (Lipinski definition) is 4. The highest BCUT2D eigenvalue weighted by Crippen LogP contribution is 2.24. The molecule has 1 amide bonds. The van der Waals surface area contributed by atoms with Gasteiger partial charge in [0.05, 0.1) is 11.4 Å². The van der Waals surface area contributed by atoms with E-state index in [0.29, 0.717) is 18.7 Å². The van der Waals surface area contributed by atoms with Crippen LogP contribution in [-0.4, -0.2) is 40.2 Å². The fraction of sp³-hybridized carbons (Fsp3) is 0.667. The Morgan fingerprint density at radius 1 is 1.56 bits per heavy atom. The van der Waals surface area contributed by atoms with Crippen molar-refractivity contribution in [2.24, 2.45) is 0 Å². The van der Waals surface area contributed by atoms with Crippen LogP contribution in [-0.2, 0) is 11.3 Å². The van der Waals surface area contributed by atoms with Crippen molar-refractivity contribution >= 4 is 17.4 Å². The summed E-state index contributed by atoms with van der Waals surface area (Å²) in [5.74, 6) is 1.09. The summed E-state index contributed by atoms with van der Waals surface area (Å²) >= 11 is 0. The third kappa shape index (κ3) is 2.27. The SMILES string of the molecule is CCn1nc(C)c(N)c1NC1CCC(=O)N(C)C1. The van der Waals surface area contributed by atoms with Gasteiger partial charge in [-0.2, -0.15) is 5.10 Å². The summed E-state index contributed by atoms with van der Waals surface area (Å²) in [5.41, 5.74) is 7.58. The van der Waals surface area contributed by atoms with Gasteiger partial charge in [-0.05, 0) is 20.3 Å². The van der Waals surface area contributed by atoms with Crippen molar-refractivity contribution in [2.75, 3.05) is 24.6 Å². The molecule has 1 aromatic rings. The van der Waals surface area contributed by atoms with Crippen LogP contribution in [0.15, 0.2) is 0 Å². The molecule has 0 bridgehead atoms. The first-order valence-electron chi connectivity index (χ1n) is 6.36. The molecule has 100 valence electrons. The van der Waals surface area contributed by atoms with E-state index in [4.69, 9.17) is 5.73 Å². The number of aromatic nitrogens is 2. The number of likely N-dealkylation sites (N-methyl/N-ethyl adjacent to an activating group) is 1. The van der Waals surface area contributed by atoms with E-state index in [1.807, 2.05) is 25.6 Å². The van der Waals surface area contributed by atoms with Gasteiger partial charge in [-0.3, -0.25) is 4.79 Å². The molecule has 1 unspecified atom stereocenters. The van der Waals surface area contributed by atoms with E-state index >= 15 is 0 Å². The normalized spacial score (nSPS) is 20.3. The maximum absolute atomic E-state index is 11.4. The Bertz CT molecular complexity index is 454. The van der Waals surface area contributed by atoms with Gasteiger partial charge in [-0.15, -0.1) is 0 Å². The van der Waals surface area contributed by atoms with Crippen molar-refractivity contribution in [1.82, 2.24) is 14.7 Å². The van der Waals surface area contributed by atoms with Crippen LogP contribution in [0.5, 0.6) is 0 Å². The zero-order valence-corrected chi connectivity index (χ0v) is 11.2. The minimum atomic E-state index is 0.209. The molecule has 1 aliphatic heterocycles. The van der Waals surface area contributed by atoms with Crippen molar-refractivity contribution in [1.29, 1.82) is 0 Å². The predicted octanol–water partition coefficient (Wildman–Crippen LogP) is 0.826. The second-order valence-corrected chi connectivity index (χ2v) is 4.82. The Hall–Kier alpha value is -1.72. The highest BCUT2D eigenvalue weighted by Gasteiger charge is 2.24. The number of nitrogen functional groups attached to an aromatic ring is 1. The van der Waals surface area contributed by atoms with E-state index in [-0.39, 0.29) is 11.9 Å². The minimum absolute atomic E-state index is 0.209. The largest absolute Gasteiger partial charge is 0.394 e. The molecular formula is C12H21N5O. The number of aryl methyl sites for hydroxylation is 2. The lowest BCUT2D eigenvalue weighted by atomic mass is 10.1. The highest BCUT2D eigenvalue weighted by atomic mass is 16.2. The van der Waals surface area contributed by atoms with Crippen molar-refractivity contribution < 1.29 is 4.79 Å². The van der Waals surface area contributed by atoms with Crippen LogP contribution in [0.1, 0.15) is 25.5 Å². The molecule has 2 heterocycles. The molecule has 18 heavy (non-hydrogen) atoms. The van der Waals surface area contributed by atoms with E-state index < -0.39 is 0 Å². The zero-order chi connectivity index (χ0) is 13.3. The molecule has 1 aliphatic rings. The number of nitrogens with zero attached hydrogens (tertiary/aromatic N) is 3. The van der Waals surface area contributed by atoms with Gasteiger partial charge < -0.3 is 16.0 Å². The summed E-state index contributed by atoms with van der Waals surface area (Å²) in [5, 5.41) is 7.80. The second kappa shape index (κ2) is 4.88. The average molecular weight is 251 g/mol. The Labute approximate surface area is 107 Å². The maximum atomic E-state index is 11.4. The summed E-state index contributed by atoms with van der Waals surface area (Å²) in [4.78, 5) is 13.2. The summed E-state index contributed by atoms with van der Waals surface area (Å²) in [7, 11) is 1.84. The maximum Gasteiger partial charge on any atom is 0.222 e. The number of carbonyl (C=O) groups excluding carboxylic acids is 1. The number of hydrogen-bond donors (Lipinski definition) is 2. The Balaban J connectivity index is 2.12. The van der Waals surface area contributed by atoms with Gasteiger partial charge >= 0.3 is 0 Å². The molecule has 1 saturated heterocycles. The Kier molecular flexibility index (Phi) is 3.45. The van der Waals surface area contributed by atoms with Crippen LogP contribution >= 0.6 is 0 Å². The zero-order valence-electron chi connectivity index (χ0n) is 11.2.